The van der Waals surface area contributed by atoms with Crippen molar-refractivity contribution >= 4 is 5.69 Å². The Bertz CT molecular complexity index is 792. The van der Waals surface area contributed by atoms with Crippen LogP contribution in [0.25, 0.3) is 0 Å². The summed E-state index contributed by atoms with van der Waals surface area (Å²) in [5, 5.41) is 2.72. The number of alkyl halides is 6. The summed E-state index contributed by atoms with van der Waals surface area (Å²) in [7, 11) is 0. The highest BCUT2D eigenvalue weighted by Gasteiger charge is 2.36. The maximum atomic E-state index is 12.9. The van der Waals surface area contributed by atoms with E-state index in [9.17, 15) is 26.3 Å². The zero-order chi connectivity index (χ0) is 22.5. The Morgan fingerprint density at radius 2 is 1.42 bits per heavy atom. The van der Waals surface area contributed by atoms with Gasteiger partial charge in [-0.25, -0.2) is 0 Å². The second-order valence-corrected chi connectivity index (χ2v) is 8.05. The maximum Gasteiger partial charge on any atom is 0.416 e. The molecule has 2 aromatic carbocycles. The van der Waals surface area contributed by atoms with Gasteiger partial charge in [0.05, 0.1) is 11.1 Å². The Hall–Kier alpha value is -2.22. The van der Waals surface area contributed by atoms with Gasteiger partial charge in [0, 0.05) is 12.2 Å². The van der Waals surface area contributed by atoms with Crippen LogP contribution in [-0.2, 0) is 18.8 Å². The van der Waals surface area contributed by atoms with Crippen molar-refractivity contribution in [2.24, 2.45) is 5.92 Å². The Morgan fingerprint density at radius 1 is 0.839 bits per heavy atom. The molecule has 1 heterocycles. The van der Waals surface area contributed by atoms with Crippen LogP contribution >= 0.6 is 0 Å². The summed E-state index contributed by atoms with van der Waals surface area (Å²) in [6.07, 6.45) is -5.78. The number of hydrogen-bond acceptors (Lipinski definition) is 2. The molecule has 31 heavy (non-hydrogen) atoms. The van der Waals surface area contributed by atoms with Gasteiger partial charge in [-0.1, -0.05) is 30.3 Å². The lowest BCUT2D eigenvalue weighted by atomic mass is 9.90. The van der Waals surface area contributed by atoms with Gasteiger partial charge in [0.2, 0.25) is 0 Å². The Morgan fingerprint density at radius 3 is 1.97 bits per heavy atom. The predicted molar refractivity (Wildman–Crippen MR) is 109 cm³/mol. The van der Waals surface area contributed by atoms with E-state index in [1.807, 2.05) is 18.2 Å². The van der Waals surface area contributed by atoms with Gasteiger partial charge >= 0.3 is 12.4 Å². The van der Waals surface area contributed by atoms with Crippen molar-refractivity contribution in [3.63, 3.8) is 0 Å². The number of anilines is 1. The Labute approximate surface area is 178 Å². The zero-order valence-corrected chi connectivity index (χ0v) is 17.1. The van der Waals surface area contributed by atoms with Crippen molar-refractivity contribution in [2.45, 2.75) is 38.0 Å². The molecule has 1 N–H and O–H groups in total. The summed E-state index contributed by atoms with van der Waals surface area (Å²) >= 11 is 0. The van der Waals surface area contributed by atoms with Gasteiger partial charge in [-0.15, -0.1) is 0 Å². The molecular weight excluding hydrogens is 418 g/mol. The topological polar surface area (TPSA) is 15.3 Å². The number of benzene rings is 2. The van der Waals surface area contributed by atoms with E-state index in [2.05, 4.69) is 22.3 Å². The summed E-state index contributed by atoms with van der Waals surface area (Å²) in [5.41, 5.74) is -1.43. The fourth-order valence-corrected chi connectivity index (χ4v) is 3.95. The highest BCUT2D eigenvalue weighted by atomic mass is 19.4. The predicted octanol–water partition coefficient (Wildman–Crippen LogP) is 6.48. The molecule has 2 aromatic rings. The third kappa shape index (κ3) is 7.16. The molecule has 170 valence electrons. The molecule has 0 radical (unpaired) electrons. The van der Waals surface area contributed by atoms with Crippen LogP contribution in [0.5, 0.6) is 0 Å². The number of halogens is 6. The van der Waals surface area contributed by atoms with Crippen LogP contribution in [0.4, 0.5) is 32.0 Å². The maximum absolute atomic E-state index is 12.9. The first-order valence-electron chi connectivity index (χ1n) is 10.4. The van der Waals surface area contributed by atoms with Crippen LogP contribution in [0.15, 0.2) is 48.5 Å². The lowest BCUT2D eigenvalue weighted by Crippen LogP contribution is -2.35. The molecule has 1 fully saturated rings. The van der Waals surface area contributed by atoms with E-state index >= 15 is 0 Å². The first-order chi connectivity index (χ1) is 14.6. The monoisotopic (exact) mass is 444 g/mol. The number of nitrogens with one attached hydrogen (secondary N) is 1. The van der Waals surface area contributed by atoms with Crippen LogP contribution in [0.3, 0.4) is 0 Å². The summed E-state index contributed by atoms with van der Waals surface area (Å²) < 4.78 is 77.6. The molecule has 2 nitrogen and oxygen atoms in total. The van der Waals surface area contributed by atoms with Crippen molar-refractivity contribution in [3.05, 3.63) is 65.2 Å². The van der Waals surface area contributed by atoms with Crippen molar-refractivity contribution in [1.29, 1.82) is 0 Å². The van der Waals surface area contributed by atoms with Gasteiger partial charge in [-0.05, 0) is 75.0 Å². The van der Waals surface area contributed by atoms with E-state index in [4.69, 9.17) is 0 Å². The quantitative estimate of drug-likeness (QED) is 0.388. The van der Waals surface area contributed by atoms with Gasteiger partial charge in [0.1, 0.15) is 0 Å². The molecule has 8 heteroatoms. The molecule has 1 aliphatic rings. The molecular formula is C23H26F6N2. The standard InChI is InChI=1S/C23H26F6N2/c24-22(25,26)19-14-20(23(27,28)29)16-21(15-19)30-9-4-10-31-11-7-18(8-12-31)13-17-5-2-1-3-6-17/h1-3,5-6,14-16,18,30H,4,7-13H2. The number of likely N-dealkylation sites (tertiary alicyclic amines) is 1. The minimum Gasteiger partial charge on any atom is -0.385 e. The fraction of sp³-hybridized carbons (Fsp3) is 0.478. The van der Waals surface area contributed by atoms with Crippen LogP contribution in [0, 0.1) is 5.92 Å². The lowest BCUT2D eigenvalue weighted by molar-refractivity contribution is -0.143. The molecule has 0 atom stereocenters. The summed E-state index contributed by atoms with van der Waals surface area (Å²) in [5.74, 6) is 0.641. The van der Waals surface area contributed by atoms with Gasteiger partial charge in [-0.3, -0.25) is 0 Å². The van der Waals surface area contributed by atoms with Gasteiger partial charge in [-0.2, -0.15) is 26.3 Å². The SMILES string of the molecule is FC(F)(F)c1cc(NCCCN2CCC(Cc3ccccc3)CC2)cc(C(F)(F)F)c1. The van der Waals surface area contributed by atoms with E-state index < -0.39 is 23.5 Å². The Balaban J connectivity index is 1.45. The number of rotatable bonds is 7. The van der Waals surface area contributed by atoms with Crippen LogP contribution < -0.4 is 5.32 Å². The highest BCUT2D eigenvalue weighted by molar-refractivity contribution is 5.50. The normalized spacial score (nSPS) is 16.5. The lowest BCUT2D eigenvalue weighted by Gasteiger charge is -2.32. The van der Waals surface area contributed by atoms with Crippen molar-refractivity contribution < 1.29 is 26.3 Å². The molecule has 0 saturated carbocycles. The summed E-state index contributed by atoms with van der Waals surface area (Å²) in [6.45, 7) is 2.98. The first-order valence-corrected chi connectivity index (χ1v) is 10.4. The molecule has 1 saturated heterocycles. The first kappa shape index (κ1) is 23.4. The minimum atomic E-state index is -4.83. The molecule has 0 aromatic heterocycles. The van der Waals surface area contributed by atoms with Gasteiger partial charge < -0.3 is 10.2 Å². The molecule has 0 amide bonds. The minimum absolute atomic E-state index is 0.144. The smallest absolute Gasteiger partial charge is 0.385 e. The van der Waals surface area contributed by atoms with Crippen LogP contribution in [-0.4, -0.2) is 31.1 Å². The molecule has 0 unspecified atom stereocenters. The van der Waals surface area contributed by atoms with Gasteiger partial charge in [0.25, 0.3) is 0 Å². The molecule has 0 bridgehead atoms. The average Bonchev–Trinajstić information content (AvgIpc) is 2.72. The number of piperidine rings is 1. The van der Waals surface area contributed by atoms with E-state index in [1.165, 1.54) is 5.56 Å². The second-order valence-electron chi connectivity index (χ2n) is 8.05. The van der Waals surface area contributed by atoms with E-state index in [0.29, 0.717) is 18.9 Å². The molecule has 1 aliphatic heterocycles. The van der Waals surface area contributed by atoms with Crippen LogP contribution in [0.2, 0.25) is 0 Å². The average molecular weight is 444 g/mol. The second kappa shape index (κ2) is 9.94. The summed E-state index contributed by atoms with van der Waals surface area (Å²) in [4.78, 5) is 2.30. The highest BCUT2D eigenvalue weighted by Crippen LogP contribution is 2.37. The van der Waals surface area contributed by atoms with Crippen LogP contribution in [0.1, 0.15) is 36.0 Å². The van der Waals surface area contributed by atoms with Gasteiger partial charge in [0.15, 0.2) is 0 Å². The third-order valence-electron chi connectivity index (χ3n) is 5.64. The number of nitrogens with zero attached hydrogens (tertiary/aromatic N) is 1. The molecule has 3 rings (SSSR count). The van der Waals surface area contributed by atoms with Crippen molar-refractivity contribution in [1.82, 2.24) is 4.90 Å². The molecule has 0 spiro atoms. The fourth-order valence-electron chi connectivity index (χ4n) is 3.95. The van der Waals surface area contributed by atoms with E-state index in [1.54, 1.807) is 0 Å². The van der Waals surface area contributed by atoms with Crippen molar-refractivity contribution in [3.8, 4) is 0 Å². The van der Waals surface area contributed by atoms with E-state index in [0.717, 1.165) is 51.0 Å². The summed E-state index contributed by atoms with van der Waals surface area (Å²) in [6, 6.07) is 12.0. The third-order valence-corrected chi connectivity index (χ3v) is 5.64. The van der Waals surface area contributed by atoms with E-state index in [-0.39, 0.29) is 11.8 Å². The Kier molecular flexibility index (Phi) is 7.51. The molecule has 0 aliphatic carbocycles. The number of hydrogen-bond donors (Lipinski definition) is 1. The zero-order valence-electron chi connectivity index (χ0n) is 17.1. The van der Waals surface area contributed by atoms with Crippen molar-refractivity contribution in [2.75, 3.05) is 31.5 Å². The largest absolute Gasteiger partial charge is 0.416 e.